The lowest BCUT2D eigenvalue weighted by Gasteiger charge is -2.27. The molecule has 0 spiro atoms. The van der Waals surface area contributed by atoms with Crippen molar-refractivity contribution < 1.29 is 18.0 Å². The highest BCUT2D eigenvalue weighted by molar-refractivity contribution is 6.59. The number of nitrogens with one attached hydrogen (secondary N) is 2. The topological polar surface area (TPSA) is 61.0 Å². The second kappa shape index (κ2) is 6.54. The summed E-state index contributed by atoms with van der Waals surface area (Å²) >= 11 is 0. The lowest BCUT2D eigenvalue weighted by molar-refractivity contribution is -0.0138. The van der Waals surface area contributed by atoms with Gasteiger partial charge in [-0.1, -0.05) is 0 Å². The van der Waals surface area contributed by atoms with Crippen LogP contribution in [0.15, 0.2) is 0 Å². The molecule has 0 amide bonds. The first kappa shape index (κ1) is 13.0. The minimum atomic E-state index is -2.42. The van der Waals surface area contributed by atoms with Gasteiger partial charge in [-0.25, -0.2) is 0 Å². The summed E-state index contributed by atoms with van der Waals surface area (Å²) in [7, 11) is 0.763. The van der Waals surface area contributed by atoms with Crippen LogP contribution >= 0.6 is 0 Å². The summed E-state index contributed by atoms with van der Waals surface area (Å²) in [5.41, 5.74) is 0. The van der Waals surface area contributed by atoms with Crippen molar-refractivity contribution in [1.82, 2.24) is 10.6 Å². The van der Waals surface area contributed by atoms with Crippen LogP contribution in [0.25, 0.3) is 0 Å². The van der Waals surface area contributed by atoms with Gasteiger partial charge in [0.25, 0.3) is 0 Å². The molecule has 0 bridgehead atoms. The number of hydrogen-bond donors (Lipinski definition) is 2. The van der Waals surface area contributed by atoms with Crippen LogP contribution in [0.3, 0.4) is 0 Å². The number of hydrogen-bond acceptors (Lipinski definition) is 6. The molecule has 0 saturated carbocycles. The molecule has 1 aliphatic rings. The van der Waals surface area contributed by atoms with E-state index in [1.54, 1.807) is 14.2 Å². The van der Waals surface area contributed by atoms with E-state index in [2.05, 4.69) is 10.6 Å². The summed E-state index contributed by atoms with van der Waals surface area (Å²) in [6.07, 6.45) is 0.00529. The highest BCUT2D eigenvalue weighted by Crippen LogP contribution is 2.05. The van der Waals surface area contributed by atoms with Crippen LogP contribution in [0.1, 0.15) is 0 Å². The molecule has 2 N–H and O–H groups in total. The maximum absolute atomic E-state index is 5.51. The predicted molar refractivity (Wildman–Crippen MR) is 57.3 cm³/mol. The number of ether oxygens (including phenoxy) is 1. The Morgan fingerprint density at radius 2 is 2.20 bits per heavy atom. The lowest BCUT2D eigenvalue weighted by atomic mass is 10.4. The van der Waals surface area contributed by atoms with Gasteiger partial charge < -0.3 is 23.3 Å². The minimum Gasteiger partial charge on any atom is -0.377 e. The Labute approximate surface area is 91.6 Å². The third-order valence-electron chi connectivity index (χ3n) is 2.31. The van der Waals surface area contributed by atoms with E-state index in [-0.39, 0.29) is 6.23 Å². The molecule has 0 aliphatic carbocycles. The smallest absolute Gasteiger partial charge is 0.377 e. The Bertz CT molecular complexity index is 174. The van der Waals surface area contributed by atoms with Crippen LogP contribution in [0.5, 0.6) is 0 Å². The molecular formula is C8H20N2O4Si. The molecule has 1 rings (SSSR count). The summed E-state index contributed by atoms with van der Waals surface area (Å²) < 4.78 is 21.3. The molecule has 6 nitrogen and oxygen atoms in total. The van der Waals surface area contributed by atoms with Crippen molar-refractivity contribution in [3.63, 3.8) is 0 Å². The SMILES string of the molecule is CO[Si](C)(OC)OCNC1CNCCO1. The van der Waals surface area contributed by atoms with Gasteiger partial charge in [0.15, 0.2) is 0 Å². The fourth-order valence-electron chi connectivity index (χ4n) is 1.16. The van der Waals surface area contributed by atoms with E-state index < -0.39 is 8.80 Å². The highest BCUT2D eigenvalue weighted by Gasteiger charge is 2.31. The largest absolute Gasteiger partial charge is 0.498 e. The molecule has 1 aliphatic heterocycles. The fourth-order valence-corrected chi connectivity index (χ4v) is 1.91. The van der Waals surface area contributed by atoms with Crippen LogP contribution in [-0.4, -0.2) is 55.7 Å². The number of rotatable bonds is 6. The van der Waals surface area contributed by atoms with Gasteiger partial charge >= 0.3 is 8.80 Å². The van der Waals surface area contributed by atoms with E-state index in [1.807, 2.05) is 6.55 Å². The minimum absolute atomic E-state index is 0.00529. The molecule has 0 aromatic rings. The van der Waals surface area contributed by atoms with Crippen molar-refractivity contribution in [3.8, 4) is 0 Å². The average molecular weight is 236 g/mol. The molecule has 90 valence electrons. The normalized spacial score (nSPS) is 23.0. The Hall–Kier alpha value is -0.0231. The van der Waals surface area contributed by atoms with Crippen molar-refractivity contribution in [2.75, 3.05) is 40.6 Å². The van der Waals surface area contributed by atoms with Crippen molar-refractivity contribution in [2.45, 2.75) is 12.8 Å². The maximum atomic E-state index is 5.51. The first-order valence-electron chi connectivity index (χ1n) is 5.00. The van der Waals surface area contributed by atoms with Crippen molar-refractivity contribution >= 4 is 8.80 Å². The first-order chi connectivity index (χ1) is 7.20. The van der Waals surface area contributed by atoms with Crippen LogP contribution in [0.2, 0.25) is 6.55 Å². The van der Waals surface area contributed by atoms with E-state index in [9.17, 15) is 0 Å². The van der Waals surface area contributed by atoms with Gasteiger partial charge in [-0.3, -0.25) is 5.32 Å². The third-order valence-corrected chi connectivity index (χ3v) is 4.47. The second-order valence-electron chi connectivity index (χ2n) is 3.33. The molecule has 0 radical (unpaired) electrons. The molecule has 1 fully saturated rings. The van der Waals surface area contributed by atoms with Gasteiger partial charge in [0, 0.05) is 33.9 Å². The Morgan fingerprint density at radius 1 is 1.47 bits per heavy atom. The molecule has 7 heteroatoms. The zero-order chi connectivity index (χ0) is 11.1. The Kier molecular flexibility index (Phi) is 5.68. The molecule has 1 atom stereocenters. The fraction of sp³-hybridized carbons (Fsp3) is 1.00. The van der Waals surface area contributed by atoms with Gasteiger partial charge in [-0.15, -0.1) is 0 Å². The average Bonchev–Trinajstić information content (AvgIpc) is 2.30. The van der Waals surface area contributed by atoms with Crippen LogP contribution in [0.4, 0.5) is 0 Å². The molecule has 1 saturated heterocycles. The van der Waals surface area contributed by atoms with Gasteiger partial charge in [-0.05, 0) is 0 Å². The molecular weight excluding hydrogens is 216 g/mol. The summed E-state index contributed by atoms with van der Waals surface area (Å²) in [5, 5.41) is 6.33. The third kappa shape index (κ3) is 4.56. The van der Waals surface area contributed by atoms with Crippen LogP contribution in [0, 0.1) is 0 Å². The Morgan fingerprint density at radius 3 is 2.73 bits per heavy atom. The number of morpholine rings is 1. The van der Waals surface area contributed by atoms with Crippen molar-refractivity contribution in [3.05, 3.63) is 0 Å². The molecule has 1 heterocycles. The molecule has 15 heavy (non-hydrogen) atoms. The second-order valence-corrected chi connectivity index (χ2v) is 6.16. The van der Waals surface area contributed by atoms with E-state index >= 15 is 0 Å². The Balaban J connectivity index is 2.14. The van der Waals surface area contributed by atoms with Gasteiger partial charge in [-0.2, -0.15) is 0 Å². The molecule has 0 aromatic heterocycles. The van der Waals surface area contributed by atoms with Crippen molar-refractivity contribution in [1.29, 1.82) is 0 Å². The van der Waals surface area contributed by atoms with E-state index in [0.29, 0.717) is 6.73 Å². The predicted octanol–water partition coefficient (Wildman–Crippen LogP) is -0.642. The van der Waals surface area contributed by atoms with Gasteiger partial charge in [0.2, 0.25) is 0 Å². The standard InChI is InChI=1S/C8H20N2O4Si/c1-11-15(3,12-2)14-7-10-8-6-9-4-5-13-8/h8-10H,4-7H2,1-3H3. The zero-order valence-electron chi connectivity index (χ0n) is 9.54. The first-order valence-corrected chi connectivity index (χ1v) is 7.22. The summed E-state index contributed by atoms with van der Waals surface area (Å²) in [4.78, 5) is 0. The lowest BCUT2D eigenvalue weighted by Crippen LogP contribution is -2.50. The quantitative estimate of drug-likeness (QED) is 0.472. The van der Waals surface area contributed by atoms with Gasteiger partial charge in [0.05, 0.1) is 13.3 Å². The summed E-state index contributed by atoms with van der Waals surface area (Å²) in [6.45, 7) is 4.63. The van der Waals surface area contributed by atoms with Crippen LogP contribution < -0.4 is 10.6 Å². The molecule has 0 aromatic carbocycles. The summed E-state index contributed by atoms with van der Waals surface area (Å²) in [6, 6.07) is 0. The highest BCUT2D eigenvalue weighted by atomic mass is 28.4. The maximum Gasteiger partial charge on any atom is 0.498 e. The van der Waals surface area contributed by atoms with Gasteiger partial charge in [0.1, 0.15) is 6.23 Å². The van der Waals surface area contributed by atoms with E-state index in [0.717, 1.165) is 19.7 Å². The molecule has 1 unspecified atom stereocenters. The van der Waals surface area contributed by atoms with Crippen molar-refractivity contribution in [2.24, 2.45) is 0 Å². The van der Waals surface area contributed by atoms with Crippen LogP contribution in [-0.2, 0) is 18.0 Å². The summed E-state index contributed by atoms with van der Waals surface area (Å²) in [5.74, 6) is 0. The monoisotopic (exact) mass is 236 g/mol. The zero-order valence-corrected chi connectivity index (χ0v) is 10.5. The van der Waals surface area contributed by atoms with E-state index in [1.165, 1.54) is 0 Å². The van der Waals surface area contributed by atoms with E-state index in [4.69, 9.17) is 18.0 Å².